The fourth-order valence-electron chi connectivity index (χ4n) is 3.66. The number of amides is 3. The Balaban J connectivity index is 1.39. The molecule has 1 aromatic heterocycles. The maximum absolute atomic E-state index is 12.5. The molecule has 31 heavy (non-hydrogen) atoms. The first-order chi connectivity index (χ1) is 14.9. The molecule has 2 N–H and O–H groups in total. The highest BCUT2D eigenvalue weighted by atomic mass is 16.5. The third-order valence-corrected chi connectivity index (χ3v) is 5.44. The summed E-state index contributed by atoms with van der Waals surface area (Å²) in [6.07, 6.45) is 1.47. The summed E-state index contributed by atoms with van der Waals surface area (Å²) in [6.45, 7) is 3.16. The molecule has 3 amide bonds. The lowest BCUT2D eigenvalue weighted by Gasteiger charge is -2.31. The first-order valence-electron chi connectivity index (χ1n) is 10.4. The number of anilines is 1. The minimum Gasteiger partial charge on any atom is -0.497 e. The number of hydrogen-bond donors (Lipinski definition) is 2. The van der Waals surface area contributed by atoms with Crippen LogP contribution in [0.25, 0.3) is 0 Å². The van der Waals surface area contributed by atoms with Crippen LogP contribution in [0, 0.1) is 12.8 Å². The van der Waals surface area contributed by atoms with E-state index in [2.05, 4.69) is 15.7 Å². The normalized spacial score (nSPS) is 14.2. The van der Waals surface area contributed by atoms with Crippen LogP contribution in [-0.4, -0.2) is 59.1 Å². The fourth-order valence-corrected chi connectivity index (χ4v) is 3.66. The number of methoxy groups -OCH3 is 1. The number of piperidine rings is 1. The van der Waals surface area contributed by atoms with Gasteiger partial charge in [0.15, 0.2) is 0 Å². The molecule has 1 aliphatic rings. The van der Waals surface area contributed by atoms with Gasteiger partial charge in [0.2, 0.25) is 11.8 Å². The van der Waals surface area contributed by atoms with Gasteiger partial charge in [0, 0.05) is 44.7 Å². The number of aromatic nitrogens is 2. The van der Waals surface area contributed by atoms with Crippen molar-refractivity contribution < 1.29 is 19.1 Å². The average Bonchev–Trinajstić information content (AvgIpc) is 3.12. The third kappa shape index (κ3) is 5.84. The number of ether oxygens (including phenoxy) is 1. The number of aryl methyl sites for hydroxylation is 2. The summed E-state index contributed by atoms with van der Waals surface area (Å²) in [5, 5.41) is 9.83. The Morgan fingerprint density at radius 1 is 1.16 bits per heavy atom. The van der Waals surface area contributed by atoms with Gasteiger partial charge in [-0.25, -0.2) is 0 Å². The van der Waals surface area contributed by atoms with Crippen LogP contribution in [0.1, 0.15) is 35.4 Å². The smallest absolute Gasteiger partial charge is 0.269 e. The van der Waals surface area contributed by atoms with Crippen LogP contribution >= 0.6 is 0 Å². The van der Waals surface area contributed by atoms with Crippen LogP contribution in [0.3, 0.4) is 0 Å². The number of rotatable bonds is 7. The minimum absolute atomic E-state index is 0.0181. The molecule has 1 aromatic carbocycles. The van der Waals surface area contributed by atoms with Gasteiger partial charge in [0.05, 0.1) is 12.8 Å². The molecule has 0 unspecified atom stereocenters. The number of nitrogens with one attached hydrogen (secondary N) is 2. The van der Waals surface area contributed by atoms with Crippen molar-refractivity contribution in [2.45, 2.75) is 26.2 Å². The minimum atomic E-state index is -0.246. The zero-order valence-electron chi connectivity index (χ0n) is 18.2. The Morgan fingerprint density at radius 3 is 2.42 bits per heavy atom. The van der Waals surface area contributed by atoms with Crippen molar-refractivity contribution in [2.75, 3.05) is 32.1 Å². The molecule has 0 saturated carbocycles. The maximum Gasteiger partial charge on any atom is 0.269 e. The van der Waals surface area contributed by atoms with Crippen LogP contribution in [0.4, 0.5) is 5.69 Å². The van der Waals surface area contributed by atoms with Crippen molar-refractivity contribution in [1.29, 1.82) is 0 Å². The molecule has 0 atom stereocenters. The molecule has 166 valence electrons. The van der Waals surface area contributed by atoms with Gasteiger partial charge in [0.25, 0.3) is 5.91 Å². The number of carbonyl (C=O) groups excluding carboxylic acids is 3. The number of carbonyl (C=O) groups is 3. The van der Waals surface area contributed by atoms with E-state index in [1.165, 1.54) is 4.68 Å². The van der Waals surface area contributed by atoms with E-state index < -0.39 is 0 Å². The molecule has 9 heteroatoms. The third-order valence-electron chi connectivity index (χ3n) is 5.44. The van der Waals surface area contributed by atoms with E-state index in [9.17, 15) is 14.4 Å². The van der Waals surface area contributed by atoms with E-state index in [1.54, 1.807) is 49.4 Å². The molecule has 9 nitrogen and oxygen atoms in total. The second-order valence-electron chi connectivity index (χ2n) is 7.67. The standard InChI is InChI=1S/C22H29N5O4/c1-15-14-19(26(2)25-15)22(30)23-11-8-20(28)27-12-9-16(10-13-27)21(29)24-17-4-6-18(31-3)7-5-17/h4-7,14,16H,8-13H2,1-3H3,(H,23,30)(H,24,29). The first kappa shape index (κ1) is 22.3. The second kappa shape index (κ2) is 10.1. The summed E-state index contributed by atoms with van der Waals surface area (Å²) in [4.78, 5) is 38.9. The quantitative estimate of drug-likeness (QED) is 0.700. The summed E-state index contributed by atoms with van der Waals surface area (Å²) in [7, 11) is 3.31. The van der Waals surface area contributed by atoms with Gasteiger partial charge in [-0.3, -0.25) is 19.1 Å². The van der Waals surface area contributed by atoms with Gasteiger partial charge in [0.1, 0.15) is 11.4 Å². The van der Waals surface area contributed by atoms with Gasteiger partial charge in [-0.2, -0.15) is 5.10 Å². The van der Waals surface area contributed by atoms with E-state index in [-0.39, 0.29) is 36.6 Å². The highest BCUT2D eigenvalue weighted by Gasteiger charge is 2.27. The van der Waals surface area contributed by atoms with Crippen molar-refractivity contribution in [1.82, 2.24) is 20.0 Å². The molecular formula is C22H29N5O4. The second-order valence-corrected chi connectivity index (χ2v) is 7.67. The van der Waals surface area contributed by atoms with E-state index in [1.807, 2.05) is 6.92 Å². The summed E-state index contributed by atoms with van der Waals surface area (Å²) in [5.41, 5.74) is 1.96. The zero-order chi connectivity index (χ0) is 22.4. The molecule has 0 radical (unpaired) electrons. The Hall–Kier alpha value is -3.36. The summed E-state index contributed by atoms with van der Waals surface area (Å²) in [6, 6.07) is 8.90. The molecule has 1 saturated heterocycles. The predicted molar refractivity (Wildman–Crippen MR) is 116 cm³/mol. The van der Waals surface area contributed by atoms with Crippen molar-refractivity contribution >= 4 is 23.4 Å². The lowest BCUT2D eigenvalue weighted by atomic mass is 9.95. The van der Waals surface area contributed by atoms with Gasteiger partial charge in [-0.1, -0.05) is 0 Å². The Kier molecular flexibility index (Phi) is 7.28. The highest BCUT2D eigenvalue weighted by molar-refractivity contribution is 5.93. The van der Waals surface area contributed by atoms with E-state index >= 15 is 0 Å². The number of likely N-dealkylation sites (tertiary alicyclic amines) is 1. The molecule has 2 heterocycles. The van der Waals surface area contributed by atoms with E-state index in [0.717, 1.165) is 17.1 Å². The van der Waals surface area contributed by atoms with Crippen molar-refractivity contribution in [3.63, 3.8) is 0 Å². The maximum atomic E-state index is 12.5. The SMILES string of the molecule is COc1ccc(NC(=O)C2CCN(C(=O)CCNC(=O)c3cc(C)nn3C)CC2)cc1. The monoisotopic (exact) mass is 427 g/mol. The highest BCUT2D eigenvalue weighted by Crippen LogP contribution is 2.21. The van der Waals surface area contributed by atoms with Crippen LogP contribution in [-0.2, 0) is 16.6 Å². The van der Waals surface area contributed by atoms with Gasteiger partial charge in [-0.15, -0.1) is 0 Å². The Bertz CT molecular complexity index is 930. The Morgan fingerprint density at radius 2 is 1.84 bits per heavy atom. The average molecular weight is 428 g/mol. The summed E-state index contributed by atoms with van der Waals surface area (Å²) >= 11 is 0. The summed E-state index contributed by atoms with van der Waals surface area (Å²) in [5.74, 6) is 0.312. The van der Waals surface area contributed by atoms with Crippen LogP contribution in [0.15, 0.2) is 30.3 Å². The number of hydrogen-bond acceptors (Lipinski definition) is 5. The van der Waals surface area contributed by atoms with Crippen molar-refractivity contribution in [2.24, 2.45) is 13.0 Å². The molecule has 1 aliphatic heterocycles. The molecule has 3 rings (SSSR count). The van der Waals surface area contributed by atoms with Gasteiger partial charge >= 0.3 is 0 Å². The lowest BCUT2D eigenvalue weighted by Crippen LogP contribution is -2.42. The van der Waals surface area contributed by atoms with E-state index in [0.29, 0.717) is 31.6 Å². The zero-order valence-corrected chi connectivity index (χ0v) is 18.2. The first-order valence-corrected chi connectivity index (χ1v) is 10.4. The van der Waals surface area contributed by atoms with Crippen molar-refractivity contribution in [3.8, 4) is 5.75 Å². The number of benzene rings is 1. The Labute approximate surface area is 181 Å². The fraction of sp³-hybridized carbons (Fsp3) is 0.455. The topological polar surface area (TPSA) is 106 Å². The van der Waals surface area contributed by atoms with Crippen LogP contribution in [0.2, 0.25) is 0 Å². The van der Waals surface area contributed by atoms with Gasteiger partial charge in [-0.05, 0) is 50.1 Å². The largest absolute Gasteiger partial charge is 0.497 e. The summed E-state index contributed by atoms with van der Waals surface area (Å²) < 4.78 is 6.64. The van der Waals surface area contributed by atoms with Crippen LogP contribution in [0.5, 0.6) is 5.75 Å². The van der Waals surface area contributed by atoms with Crippen LogP contribution < -0.4 is 15.4 Å². The predicted octanol–water partition coefficient (Wildman–Crippen LogP) is 1.73. The lowest BCUT2D eigenvalue weighted by molar-refractivity contribution is -0.134. The van der Waals surface area contributed by atoms with E-state index in [4.69, 9.17) is 4.74 Å². The molecule has 0 spiro atoms. The molecule has 0 bridgehead atoms. The van der Waals surface area contributed by atoms with Crippen molar-refractivity contribution in [3.05, 3.63) is 41.7 Å². The molecule has 2 aromatic rings. The molecular weight excluding hydrogens is 398 g/mol. The molecule has 0 aliphatic carbocycles. The van der Waals surface area contributed by atoms with Gasteiger partial charge < -0.3 is 20.3 Å². The molecule has 1 fully saturated rings. The number of nitrogens with zero attached hydrogens (tertiary/aromatic N) is 3.